The number of carbonyl (C=O) groups is 2. The van der Waals surface area contributed by atoms with Crippen LogP contribution in [0.15, 0.2) is 105 Å². The average molecular weight is 748 g/mol. The predicted octanol–water partition coefficient (Wildman–Crippen LogP) is 7.74. The molecule has 4 rings (SSSR count). The summed E-state index contributed by atoms with van der Waals surface area (Å²) >= 11 is 19.1. The molecule has 0 unspecified atom stereocenters. The minimum Gasteiger partial charge on any atom is -0.488 e. The van der Waals surface area contributed by atoms with E-state index in [1.807, 2.05) is 72.8 Å². The van der Waals surface area contributed by atoms with E-state index in [-0.39, 0.29) is 11.4 Å². The lowest BCUT2D eigenvalue weighted by Crippen LogP contribution is -2.50. The summed E-state index contributed by atoms with van der Waals surface area (Å²) in [4.78, 5) is 26.2. The van der Waals surface area contributed by atoms with E-state index in [4.69, 9.17) is 32.7 Å². The molecule has 43 heavy (non-hydrogen) atoms. The molecule has 2 atom stereocenters. The van der Waals surface area contributed by atoms with Crippen molar-refractivity contribution in [3.63, 3.8) is 0 Å². The Morgan fingerprint density at radius 1 is 0.884 bits per heavy atom. The van der Waals surface area contributed by atoms with Gasteiger partial charge in [-0.2, -0.15) is 5.10 Å². The third-order valence-corrected chi connectivity index (χ3v) is 7.81. The van der Waals surface area contributed by atoms with Crippen LogP contribution in [0, 0.1) is 0 Å². The maximum absolute atomic E-state index is 13.2. The average Bonchev–Trinajstić information content (AvgIpc) is 2.99. The number of halogens is 4. The van der Waals surface area contributed by atoms with Crippen LogP contribution in [0.5, 0.6) is 11.5 Å². The van der Waals surface area contributed by atoms with Crippen LogP contribution in [0.2, 0.25) is 10.0 Å². The lowest BCUT2D eigenvalue weighted by atomic mass is 10.1. The molecule has 0 aliphatic carbocycles. The number of rotatable bonds is 12. The van der Waals surface area contributed by atoms with Crippen molar-refractivity contribution in [2.75, 3.05) is 0 Å². The Bertz CT molecular complexity index is 1590. The summed E-state index contributed by atoms with van der Waals surface area (Å²) in [6.07, 6.45) is 0.824. The first-order valence-corrected chi connectivity index (χ1v) is 15.5. The fourth-order valence-electron chi connectivity index (χ4n) is 3.87. The smallest absolute Gasteiger partial charge is 0.262 e. The number of ether oxygens (including phenoxy) is 2. The highest BCUT2D eigenvalue weighted by molar-refractivity contribution is 9.10. The minimum atomic E-state index is -0.935. The van der Waals surface area contributed by atoms with Crippen molar-refractivity contribution in [1.82, 2.24) is 10.7 Å². The van der Waals surface area contributed by atoms with E-state index in [1.165, 1.54) is 12.3 Å². The molecule has 0 bridgehead atoms. The Morgan fingerprint density at radius 3 is 2.30 bits per heavy atom. The van der Waals surface area contributed by atoms with Gasteiger partial charge in [-0.15, -0.1) is 0 Å². The van der Waals surface area contributed by atoms with E-state index in [9.17, 15) is 9.59 Å². The zero-order valence-electron chi connectivity index (χ0n) is 22.9. The van der Waals surface area contributed by atoms with Crippen molar-refractivity contribution in [2.24, 2.45) is 5.10 Å². The second-order valence-corrected chi connectivity index (χ2v) is 12.0. The van der Waals surface area contributed by atoms with Crippen LogP contribution >= 0.6 is 55.1 Å². The first-order chi connectivity index (χ1) is 20.7. The third-order valence-electron chi connectivity index (χ3n) is 6.13. The van der Waals surface area contributed by atoms with E-state index in [0.717, 1.165) is 25.6 Å². The highest BCUT2D eigenvalue weighted by Crippen LogP contribution is 2.29. The number of nitrogens with zero attached hydrogens (tertiary/aromatic N) is 1. The number of hydrogen-bond donors (Lipinski definition) is 2. The number of benzene rings is 4. The van der Waals surface area contributed by atoms with Crippen molar-refractivity contribution in [3.8, 4) is 11.5 Å². The zero-order chi connectivity index (χ0) is 30.8. The lowest BCUT2D eigenvalue weighted by molar-refractivity contribution is -0.132. The van der Waals surface area contributed by atoms with Gasteiger partial charge in [-0.3, -0.25) is 9.59 Å². The normalized spacial score (nSPS) is 12.4. The monoisotopic (exact) mass is 745 g/mol. The van der Waals surface area contributed by atoms with Gasteiger partial charge in [0.2, 0.25) is 0 Å². The molecular formula is C32H27Br2Cl2N3O4. The number of hydrazone groups is 1. The van der Waals surface area contributed by atoms with Gasteiger partial charge in [0.25, 0.3) is 11.8 Å². The fourth-order valence-corrected chi connectivity index (χ4v) is 5.10. The van der Waals surface area contributed by atoms with Crippen LogP contribution in [-0.2, 0) is 22.6 Å². The lowest BCUT2D eigenvalue weighted by Gasteiger charge is -2.21. The van der Waals surface area contributed by atoms with Crippen molar-refractivity contribution in [1.29, 1.82) is 0 Å². The molecule has 11 heteroatoms. The molecule has 222 valence electrons. The highest BCUT2D eigenvalue weighted by Gasteiger charge is 2.25. The maximum Gasteiger partial charge on any atom is 0.262 e. The van der Waals surface area contributed by atoms with Crippen molar-refractivity contribution >= 4 is 73.1 Å². The van der Waals surface area contributed by atoms with Crippen molar-refractivity contribution < 1.29 is 19.1 Å². The predicted molar refractivity (Wildman–Crippen MR) is 177 cm³/mol. The number of carbonyl (C=O) groups excluding carboxylic acids is 2. The van der Waals surface area contributed by atoms with Crippen LogP contribution in [0.3, 0.4) is 0 Å². The quantitative estimate of drug-likeness (QED) is 0.115. The van der Waals surface area contributed by atoms with Crippen LogP contribution in [0.25, 0.3) is 0 Å². The number of amides is 2. The Balaban J connectivity index is 1.38. The SMILES string of the molecule is C[C@H](Oc1ccc(Cl)cc1Cl)C(=O)N[C@@H](Cc1ccccc1)C(=O)N/N=C\c1ccc(OCc2ccc(Br)cc2)c(Br)c1. The molecule has 0 aliphatic rings. The molecule has 2 amide bonds. The highest BCUT2D eigenvalue weighted by atomic mass is 79.9. The van der Waals surface area contributed by atoms with Crippen LogP contribution < -0.4 is 20.2 Å². The molecule has 0 spiro atoms. The van der Waals surface area contributed by atoms with Gasteiger partial charge in [0.05, 0.1) is 15.7 Å². The van der Waals surface area contributed by atoms with Gasteiger partial charge < -0.3 is 14.8 Å². The first-order valence-electron chi connectivity index (χ1n) is 13.1. The minimum absolute atomic E-state index is 0.248. The summed E-state index contributed by atoms with van der Waals surface area (Å²) in [5, 5.41) is 7.60. The summed E-state index contributed by atoms with van der Waals surface area (Å²) in [6.45, 7) is 1.99. The second-order valence-electron chi connectivity index (χ2n) is 9.42. The molecule has 0 aromatic heterocycles. The molecule has 0 radical (unpaired) electrons. The van der Waals surface area contributed by atoms with Gasteiger partial charge in [0, 0.05) is 15.9 Å². The maximum atomic E-state index is 13.2. The van der Waals surface area contributed by atoms with Crippen LogP contribution in [-0.4, -0.2) is 30.2 Å². The Morgan fingerprint density at radius 2 is 1.60 bits per heavy atom. The Labute approximate surface area is 276 Å². The van der Waals surface area contributed by atoms with E-state index in [0.29, 0.717) is 23.1 Å². The van der Waals surface area contributed by atoms with Gasteiger partial charge in [-0.25, -0.2) is 5.43 Å². The fraction of sp³-hybridized carbons (Fsp3) is 0.156. The molecule has 0 saturated heterocycles. The van der Waals surface area contributed by atoms with Crippen molar-refractivity contribution in [3.05, 3.63) is 127 Å². The molecule has 0 aliphatic heterocycles. The second kappa shape index (κ2) is 15.9. The first kappa shape index (κ1) is 32.5. The molecule has 4 aromatic carbocycles. The van der Waals surface area contributed by atoms with Crippen molar-refractivity contribution in [2.45, 2.75) is 32.1 Å². The van der Waals surface area contributed by atoms with E-state index < -0.39 is 24.0 Å². The summed E-state index contributed by atoms with van der Waals surface area (Å²) < 4.78 is 13.4. The Kier molecular flexibility index (Phi) is 12.0. The molecule has 0 fully saturated rings. The zero-order valence-corrected chi connectivity index (χ0v) is 27.6. The van der Waals surface area contributed by atoms with Gasteiger partial charge in [0.1, 0.15) is 24.1 Å². The van der Waals surface area contributed by atoms with Gasteiger partial charge in [-0.05, 0) is 88.1 Å². The number of nitrogens with one attached hydrogen (secondary N) is 2. The van der Waals surface area contributed by atoms with Gasteiger partial charge >= 0.3 is 0 Å². The summed E-state index contributed by atoms with van der Waals surface area (Å²) in [6, 6.07) is 26.5. The summed E-state index contributed by atoms with van der Waals surface area (Å²) in [5.41, 5.74) is 5.17. The third kappa shape index (κ3) is 10.1. The van der Waals surface area contributed by atoms with Crippen LogP contribution in [0.4, 0.5) is 0 Å². The topological polar surface area (TPSA) is 89.0 Å². The molecule has 0 saturated carbocycles. The van der Waals surface area contributed by atoms with E-state index in [2.05, 4.69) is 47.7 Å². The molecule has 2 N–H and O–H groups in total. The Hall–Kier alpha value is -3.37. The van der Waals surface area contributed by atoms with E-state index >= 15 is 0 Å². The number of hydrogen-bond acceptors (Lipinski definition) is 5. The summed E-state index contributed by atoms with van der Waals surface area (Å²) in [5.74, 6) is -0.00309. The van der Waals surface area contributed by atoms with Gasteiger partial charge in [0.15, 0.2) is 6.10 Å². The van der Waals surface area contributed by atoms with Crippen LogP contribution in [0.1, 0.15) is 23.6 Å². The molecule has 7 nitrogen and oxygen atoms in total. The van der Waals surface area contributed by atoms with E-state index in [1.54, 1.807) is 19.1 Å². The summed E-state index contributed by atoms with van der Waals surface area (Å²) in [7, 11) is 0. The van der Waals surface area contributed by atoms with Gasteiger partial charge in [-0.1, -0.05) is 81.6 Å². The standard InChI is InChI=1S/C32H27Br2Cl2N3O4/c1-20(43-30-14-12-25(35)17-27(30)36)31(40)38-28(16-21-5-3-2-4-6-21)32(41)39-37-18-23-9-13-29(26(34)15-23)42-19-22-7-10-24(33)11-8-22/h2-15,17-18,20,28H,16,19H2,1H3,(H,38,40)(H,39,41)/b37-18-/t20-,28-/m0/s1. The molecule has 0 heterocycles. The molecular weight excluding hydrogens is 721 g/mol. The largest absolute Gasteiger partial charge is 0.488 e. The molecule has 4 aromatic rings.